The van der Waals surface area contributed by atoms with Crippen molar-refractivity contribution in [2.45, 2.75) is 18.2 Å². The second-order valence-corrected chi connectivity index (χ2v) is 7.86. The lowest BCUT2D eigenvalue weighted by molar-refractivity contribution is -0.127. The summed E-state index contributed by atoms with van der Waals surface area (Å²) < 4.78 is 26.2. The van der Waals surface area contributed by atoms with E-state index in [-0.39, 0.29) is 24.0 Å². The van der Waals surface area contributed by atoms with Crippen molar-refractivity contribution in [3.05, 3.63) is 66.5 Å². The van der Waals surface area contributed by atoms with E-state index in [0.717, 1.165) is 5.56 Å². The maximum absolute atomic E-state index is 13.9. The number of halogens is 1. The summed E-state index contributed by atoms with van der Waals surface area (Å²) in [6.07, 6.45) is 1.75. The van der Waals surface area contributed by atoms with Gasteiger partial charge in [0.25, 0.3) is 0 Å². The number of ether oxygens (including phenoxy) is 2. The predicted octanol–water partition coefficient (Wildman–Crippen LogP) is 4.04. The first-order chi connectivity index (χ1) is 15.5. The van der Waals surface area contributed by atoms with Gasteiger partial charge in [-0.1, -0.05) is 36.0 Å². The Balaban J connectivity index is 1.71. The minimum atomic E-state index is -0.457. The van der Waals surface area contributed by atoms with E-state index < -0.39 is 5.82 Å². The number of methoxy groups -OCH3 is 2. The van der Waals surface area contributed by atoms with Gasteiger partial charge >= 0.3 is 0 Å². The molecule has 0 saturated heterocycles. The molecule has 168 valence electrons. The second kappa shape index (κ2) is 10.8. The van der Waals surface area contributed by atoms with Gasteiger partial charge in [0.2, 0.25) is 5.91 Å². The fourth-order valence-corrected chi connectivity index (χ4v) is 4.01. The largest absolute Gasteiger partial charge is 0.496 e. The normalized spacial score (nSPS) is 10.6. The van der Waals surface area contributed by atoms with Gasteiger partial charge in [-0.15, -0.1) is 16.8 Å². The van der Waals surface area contributed by atoms with Crippen LogP contribution in [0.3, 0.4) is 0 Å². The summed E-state index contributed by atoms with van der Waals surface area (Å²) in [6.45, 7) is 4.58. The number of nitrogens with zero attached hydrogens (tertiary/aromatic N) is 4. The van der Waals surface area contributed by atoms with E-state index >= 15 is 0 Å². The topological polar surface area (TPSA) is 69.5 Å². The third kappa shape index (κ3) is 5.28. The molecule has 1 amide bonds. The number of thioether (sulfide) groups is 1. The van der Waals surface area contributed by atoms with Gasteiger partial charge in [-0.2, -0.15) is 0 Å². The third-order valence-corrected chi connectivity index (χ3v) is 5.71. The number of para-hydroxylation sites is 1. The van der Waals surface area contributed by atoms with E-state index in [9.17, 15) is 9.18 Å². The van der Waals surface area contributed by atoms with Crippen molar-refractivity contribution < 1.29 is 18.7 Å². The van der Waals surface area contributed by atoms with E-state index in [1.165, 1.54) is 24.9 Å². The summed E-state index contributed by atoms with van der Waals surface area (Å²) >= 11 is 1.29. The molecule has 7 nitrogen and oxygen atoms in total. The standard InChI is InChI=1S/C23H25FN4O3S/c1-5-12-28-22(17-8-6-7-9-19(17)30-3)25-26-23(28)32-15-21(29)27(2)14-16-10-11-20(31-4)18(24)13-16/h5-11,13H,1,12,14-15H2,2-4H3. The van der Waals surface area contributed by atoms with Gasteiger partial charge in [0.05, 0.1) is 25.5 Å². The molecule has 2 aromatic carbocycles. The average molecular weight is 457 g/mol. The van der Waals surface area contributed by atoms with Crippen molar-refractivity contribution in [2.24, 2.45) is 0 Å². The minimum Gasteiger partial charge on any atom is -0.496 e. The van der Waals surface area contributed by atoms with E-state index in [2.05, 4.69) is 16.8 Å². The molecule has 0 spiro atoms. The number of rotatable bonds is 10. The van der Waals surface area contributed by atoms with Crippen molar-refractivity contribution in [2.75, 3.05) is 27.0 Å². The molecule has 0 aliphatic heterocycles. The zero-order chi connectivity index (χ0) is 23.1. The average Bonchev–Trinajstić information content (AvgIpc) is 3.20. The summed E-state index contributed by atoms with van der Waals surface area (Å²) in [5, 5.41) is 9.19. The Morgan fingerprint density at radius 2 is 1.94 bits per heavy atom. The zero-order valence-corrected chi connectivity index (χ0v) is 19.1. The Hall–Kier alpha value is -3.33. The molecule has 1 heterocycles. The number of benzene rings is 2. The first-order valence-corrected chi connectivity index (χ1v) is 10.8. The number of carbonyl (C=O) groups excluding carboxylic acids is 1. The molecular formula is C23H25FN4O3S. The van der Waals surface area contributed by atoms with Crippen LogP contribution in [0.4, 0.5) is 4.39 Å². The minimum absolute atomic E-state index is 0.113. The molecular weight excluding hydrogens is 431 g/mol. The summed E-state index contributed by atoms with van der Waals surface area (Å²) in [4.78, 5) is 14.2. The van der Waals surface area contributed by atoms with Gasteiger partial charge in [-0.3, -0.25) is 9.36 Å². The van der Waals surface area contributed by atoms with Crippen molar-refractivity contribution in [1.82, 2.24) is 19.7 Å². The van der Waals surface area contributed by atoms with Gasteiger partial charge in [0.15, 0.2) is 22.5 Å². The predicted molar refractivity (Wildman–Crippen MR) is 122 cm³/mol. The molecule has 32 heavy (non-hydrogen) atoms. The molecule has 0 saturated carbocycles. The molecule has 0 bridgehead atoms. The smallest absolute Gasteiger partial charge is 0.233 e. The monoisotopic (exact) mass is 456 g/mol. The first-order valence-electron chi connectivity index (χ1n) is 9.85. The summed E-state index contributed by atoms with van der Waals surface area (Å²) in [5.41, 5.74) is 1.48. The Kier molecular flexibility index (Phi) is 7.88. The lowest BCUT2D eigenvalue weighted by Gasteiger charge is -2.17. The van der Waals surface area contributed by atoms with Gasteiger partial charge < -0.3 is 14.4 Å². The molecule has 1 aromatic heterocycles. The maximum Gasteiger partial charge on any atom is 0.233 e. The fourth-order valence-electron chi connectivity index (χ4n) is 3.12. The van der Waals surface area contributed by atoms with Crippen LogP contribution in [-0.4, -0.2) is 52.6 Å². The SMILES string of the molecule is C=CCn1c(SCC(=O)N(C)Cc2ccc(OC)c(F)c2)nnc1-c1ccccc1OC. The van der Waals surface area contributed by atoms with E-state index in [0.29, 0.717) is 28.8 Å². The fraction of sp³-hybridized carbons (Fsp3) is 0.261. The molecule has 0 unspecified atom stereocenters. The van der Waals surface area contributed by atoms with Crippen LogP contribution in [0.15, 0.2) is 60.3 Å². The molecule has 0 aliphatic carbocycles. The number of allylic oxidation sites excluding steroid dienone is 1. The molecule has 0 aliphatic rings. The molecule has 0 fully saturated rings. The highest BCUT2D eigenvalue weighted by Crippen LogP contribution is 2.31. The number of aromatic nitrogens is 3. The van der Waals surface area contributed by atoms with Gasteiger partial charge in [0, 0.05) is 20.1 Å². The highest BCUT2D eigenvalue weighted by Gasteiger charge is 2.19. The number of hydrogen-bond donors (Lipinski definition) is 0. The number of amides is 1. The maximum atomic E-state index is 13.9. The summed E-state index contributed by atoms with van der Waals surface area (Å²) in [7, 11) is 4.70. The van der Waals surface area contributed by atoms with E-state index in [1.54, 1.807) is 37.3 Å². The number of carbonyl (C=O) groups is 1. The van der Waals surface area contributed by atoms with Gasteiger partial charge in [-0.25, -0.2) is 4.39 Å². The van der Waals surface area contributed by atoms with Crippen molar-refractivity contribution in [3.8, 4) is 22.9 Å². The van der Waals surface area contributed by atoms with E-state index in [4.69, 9.17) is 9.47 Å². The van der Waals surface area contributed by atoms with Crippen LogP contribution in [0, 0.1) is 5.82 Å². The molecule has 0 N–H and O–H groups in total. The first kappa shape index (κ1) is 23.3. The second-order valence-electron chi connectivity index (χ2n) is 6.91. The highest BCUT2D eigenvalue weighted by molar-refractivity contribution is 7.99. The highest BCUT2D eigenvalue weighted by atomic mass is 32.2. The molecule has 0 radical (unpaired) electrons. The van der Waals surface area contributed by atoms with Crippen LogP contribution in [-0.2, 0) is 17.9 Å². The van der Waals surface area contributed by atoms with Crippen molar-refractivity contribution >= 4 is 17.7 Å². The Bertz CT molecular complexity index is 1100. The van der Waals surface area contributed by atoms with E-state index in [1.807, 2.05) is 28.8 Å². The van der Waals surface area contributed by atoms with Crippen LogP contribution in [0.1, 0.15) is 5.56 Å². The Morgan fingerprint density at radius 1 is 1.19 bits per heavy atom. The summed E-state index contributed by atoms with van der Waals surface area (Å²) in [5.74, 6) is 1.09. The molecule has 9 heteroatoms. The lowest BCUT2D eigenvalue weighted by atomic mass is 10.2. The molecule has 3 aromatic rings. The lowest BCUT2D eigenvalue weighted by Crippen LogP contribution is -2.28. The Labute approximate surface area is 190 Å². The molecule has 0 atom stereocenters. The van der Waals surface area contributed by atoms with Crippen LogP contribution >= 0.6 is 11.8 Å². The van der Waals surface area contributed by atoms with Gasteiger partial charge in [-0.05, 0) is 29.8 Å². The van der Waals surface area contributed by atoms with Gasteiger partial charge in [0.1, 0.15) is 5.75 Å². The number of hydrogen-bond acceptors (Lipinski definition) is 6. The summed E-state index contributed by atoms with van der Waals surface area (Å²) in [6, 6.07) is 12.2. The van der Waals surface area contributed by atoms with Crippen LogP contribution in [0.25, 0.3) is 11.4 Å². The molecule has 3 rings (SSSR count). The Morgan fingerprint density at radius 3 is 2.62 bits per heavy atom. The third-order valence-electron chi connectivity index (χ3n) is 4.76. The zero-order valence-electron chi connectivity index (χ0n) is 18.2. The van der Waals surface area contributed by atoms with Crippen molar-refractivity contribution in [1.29, 1.82) is 0 Å². The van der Waals surface area contributed by atoms with Crippen LogP contribution in [0.2, 0.25) is 0 Å². The van der Waals surface area contributed by atoms with Crippen molar-refractivity contribution in [3.63, 3.8) is 0 Å². The van der Waals surface area contributed by atoms with Crippen LogP contribution in [0.5, 0.6) is 11.5 Å². The van der Waals surface area contributed by atoms with Crippen LogP contribution < -0.4 is 9.47 Å². The quantitative estimate of drug-likeness (QED) is 0.339.